The van der Waals surface area contributed by atoms with Crippen molar-refractivity contribution in [2.75, 3.05) is 0 Å². The van der Waals surface area contributed by atoms with Crippen molar-refractivity contribution in [3.63, 3.8) is 0 Å². The highest BCUT2D eigenvalue weighted by Crippen LogP contribution is 2.38. The van der Waals surface area contributed by atoms with Crippen LogP contribution in [0.5, 0.6) is 0 Å². The molecule has 0 saturated carbocycles. The van der Waals surface area contributed by atoms with Gasteiger partial charge in [0.15, 0.2) is 0 Å². The van der Waals surface area contributed by atoms with Crippen molar-refractivity contribution < 1.29 is 14.3 Å². The molecule has 29 heavy (non-hydrogen) atoms. The van der Waals surface area contributed by atoms with Crippen molar-refractivity contribution in [1.29, 1.82) is 0 Å². The first-order valence-electron chi connectivity index (χ1n) is 9.69. The maximum atomic E-state index is 13.1. The van der Waals surface area contributed by atoms with Crippen molar-refractivity contribution in [1.82, 2.24) is 4.90 Å². The number of carbonyl (C=O) groups is 2. The molecule has 4 nitrogen and oxygen atoms in total. The number of allylic oxidation sites excluding steroid dienone is 1. The summed E-state index contributed by atoms with van der Waals surface area (Å²) in [5, 5.41) is 0.614. The molecule has 0 spiro atoms. The number of benzene rings is 2. The fourth-order valence-corrected chi connectivity index (χ4v) is 3.80. The smallest absolute Gasteiger partial charge is 0.336 e. The van der Waals surface area contributed by atoms with Crippen molar-refractivity contribution >= 4 is 23.5 Å². The maximum Gasteiger partial charge on any atom is 0.336 e. The second-order valence-corrected chi connectivity index (χ2v) is 8.71. The number of halogens is 1. The van der Waals surface area contributed by atoms with E-state index >= 15 is 0 Å². The van der Waals surface area contributed by atoms with Gasteiger partial charge >= 0.3 is 5.97 Å². The number of hydrogen-bond acceptors (Lipinski definition) is 3. The van der Waals surface area contributed by atoms with Crippen LogP contribution in [0.25, 0.3) is 0 Å². The largest absolute Gasteiger partial charge is 0.457 e. The standard InChI is InChI=1S/C24H26ClNO3/c1-16-22(23(28)29-24(2,3)4)20(18-10-6-5-7-11-18)14-21(27)26(16)15-17-9-8-12-19(25)13-17/h5-13,20H,14-15H2,1-4H3/t20-/m1/s1. The van der Waals surface area contributed by atoms with Gasteiger partial charge < -0.3 is 9.64 Å². The molecule has 0 N–H and O–H groups in total. The molecule has 0 fully saturated rings. The predicted octanol–water partition coefficient (Wildman–Crippen LogP) is 5.47. The van der Waals surface area contributed by atoms with Crippen LogP contribution in [-0.4, -0.2) is 22.4 Å². The van der Waals surface area contributed by atoms with E-state index in [1.165, 1.54) is 0 Å². The Morgan fingerprint density at radius 1 is 1.14 bits per heavy atom. The zero-order valence-electron chi connectivity index (χ0n) is 17.2. The molecule has 2 aromatic rings. The molecule has 1 aliphatic rings. The van der Waals surface area contributed by atoms with Gasteiger partial charge in [0.25, 0.3) is 0 Å². The van der Waals surface area contributed by atoms with Crippen LogP contribution in [0.4, 0.5) is 0 Å². The molecule has 0 saturated heterocycles. The van der Waals surface area contributed by atoms with Crippen LogP contribution in [0.1, 0.15) is 51.2 Å². The van der Waals surface area contributed by atoms with Crippen LogP contribution in [-0.2, 0) is 20.9 Å². The molecular formula is C24H26ClNO3. The molecule has 3 rings (SSSR count). The molecule has 0 unspecified atom stereocenters. The van der Waals surface area contributed by atoms with Gasteiger partial charge in [0, 0.05) is 23.1 Å². The molecule has 5 heteroatoms. The predicted molar refractivity (Wildman–Crippen MR) is 114 cm³/mol. The normalized spacial score (nSPS) is 17.5. The Balaban J connectivity index is 2.04. The van der Waals surface area contributed by atoms with Crippen molar-refractivity contribution in [3.8, 4) is 0 Å². The molecule has 1 amide bonds. The van der Waals surface area contributed by atoms with Crippen LogP contribution < -0.4 is 0 Å². The highest BCUT2D eigenvalue weighted by molar-refractivity contribution is 6.30. The van der Waals surface area contributed by atoms with E-state index in [0.29, 0.717) is 22.8 Å². The van der Waals surface area contributed by atoms with E-state index in [1.54, 1.807) is 11.0 Å². The van der Waals surface area contributed by atoms with Gasteiger partial charge in [0.1, 0.15) is 5.60 Å². The van der Waals surface area contributed by atoms with Gasteiger partial charge in [-0.2, -0.15) is 0 Å². The summed E-state index contributed by atoms with van der Waals surface area (Å²) in [5.41, 5.74) is 2.39. The molecule has 1 heterocycles. The minimum atomic E-state index is -0.620. The first-order valence-corrected chi connectivity index (χ1v) is 10.1. The molecule has 0 radical (unpaired) electrons. The second-order valence-electron chi connectivity index (χ2n) is 8.28. The first-order chi connectivity index (χ1) is 13.7. The van der Waals surface area contributed by atoms with E-state index in [0.717, 1.165) is 11.1 Å². The molecule has 1 aliphatic heterocycles. The third-order valence-corrected chi connectivity index (χ3v) is 5.11. The number of rotatable bonds is 4. The molecule has 0 bridgehead atoms. The van der Waals surface area contributed by atoms with E-state index in [4.69, 9.17) is 16.3 Å². The summed E-state index contributed by atoms with van der Waals surface area (Å²) in [6, 6.07) is 17.0. The Hall–Kier alpha value is -2.59. The monoisotopic (exact) mass is 411 g/mol. The number of amides is 1. The fourth-order valence-electron chi connectivity index (χ4n) is 3.59. The maximum absolute atomic E-state index is 13.1. The number of nitrogens with zero attached hydrogens (tertiary/aromatic N) is 1. The van der Waals surface area contributed by atoms with E-state index in [-0.39, 0.29) is 24.2 Å². The topological polar surface area (TPSA) is 46.6 Å². The minimum absolute atomic E-state index is 0.0244. The number of ether oxygens (including phenoxy) is 1. The van der Waals surface area contributed by atoms with Crippen LogP contribution >= 0.6 is 11.6 Å². The molecule has 0 aliphatic carbocycles. The second kappa shape index (κ2) is 8.42. The Kier molecular flexibility index (Phi) is 6.13. The lowest BCUT2D eigenvalue weighted by molar-refractivity contribution is -0.150. The van der Waals surface area contributed by atoms with Gasteiger partial charge in [0.05, 0.1) is 12.1 Å². The summed E-state index contributed by atoms with van der Waals surface area (Å²) in [7, 11) is 0. The van der Waals surface area contributed by atoms with Crippen molar-refractivity contribution in [2.24, 2.45) is 0 Å². The van der Waals surface area contributed by atoms with Gasteiger partial charge in [-0.3, -0.25) is 4.79 Å². The van der Waals surface area contributed by atoms with Gasteiger partial charge in [-0.15, -0.1) is 0 Å². The highest BCUT2D eigenvalue weighted by Gasteiger charge is 2.38. The third kappa shape index (κ3) is 5.07. The summed E-state index contributed by atoms with van der Waals surface area (Å²) < 4.78 is 5.70. The quantitative estimate of drug-likeness (QED) is 0.626. The summed E-state index contributed by atoms with van der Waals surface area (Å²) in [6.45, 7) is 7.71. The third-order valence-electron chi connectivity index (χ3n) is 4.87. The van der Waals surface area contributed by atoms with Gasteiger partial charge in [-0.1, -0.05) is 54.1 Å². The summed E-state index contributed by atoms with van der Waals surface area (Å²) in [4.78, 5) is 27.8. The van der Waals surface area contributed by atoms with E-state index in [2.05, 4.69) is 0 Å². The van der Waals surface area contributed by atoms with Gasteiger partial charge in [0.2, 0.25) is 5.91 Å². The Labute approximate surface area is 177 Å². The van der Waals surface area contributed by atoms with Crippen LogP contribution in [0.2, 0.25) is 5.02 Å². The minimum Gasteiger partial charge on any atom is -0.457 e. The Morgan fingerprint density at radius 3 is 2.45 bits per heavy atom. The van der Waals surface area contributed by atoms with Crippen molar-refractivity contribution in [3.05, 3.63) is 82.0 Å². The Morgan fingerprint density at radius 2 is 1.83 bits per heavy atom. The van der Waals surface area contributed by atoms with E-state index in [1.807, 2.05) is 76.2 Å². The van der Waals surface area contributed by atoms with E-state index in [9.17, 15) is 9.59 Å². The van der Waals surface area contributed by atoms with Gasteiger partial charge in [-0.05, 0) is 51.0 Å². The number of esters is 1. The SMILES string of the molecule is CC1=C(C(=O)OC(C)(C)C)[C@@H](c2ccccc2)CC(=O)N1Cc1cccc(Cl)c1. The van der Waals surface area contributed by atoms with Crippen LogP contribution in [0.15, 0.2) is 65.9 Å². The fraction of sp³-hybridized carbons (Fsp3) is 0.333. The Bertz CT molecular complexity index is 944. The lowest BCUT2D eigenvalue weighted by atomic mass is 9.83. The summed E-state index contributed by atoms with van der Waals surface area (Å²) >= 11 is 6.10. The average Bonchev–Trinajstić information content (AvgIpc) is 2.64. The van der Waals surface area contributed by atoms with Gasteiger partial charge in [-0.25, -0.2) is 4.79 Å². The highest BCUT2D eigenvalue weighted by atomic mass is 35.5. The zero-order valence-corrected chi connectivity index (χ0v) is 18.0. The molecule has 1 atom stereocenters. The molecular weight excluding hydrogens is 386 g/mol. The van der Waals surface area contributed by atoms with E-state index < -0.39 is 5.60 Å². The first kappa shape index (κ1) is 21.1. The van der Waals surface area contributed by atoms with Crippen LogP contribution in [0.3, 0.4) is 0 Å². The average molecular weight is 412 g/mol. The summed E-state index contributed by atoms with van der Waals surface area (Å²) in [5.74, 6) is -0.731. The summed E-state index contributed by atoms with van der Waals surface area (Å²) in [6.07, 6.45) is 0.219. The molecule has 152 valence electrons. The molecule has 0 aromatic heterocycles. The van der Waals surface area contributed by atoms with Crippen molar-refractivity contribution in [2.45, 2.75) is 52.2 Å². The number of carbonyl (C=O) groups excluding carboxylic acids is 2. The molecule has 2 aromatic carbocycles. The number of hydrogen-bond donors (Lipinski definition) is 0. The lowest BCUT2D eigenvalue weighted by Gasteiger charge is -2.35. The van der Waals surface area contributed by atoms with Crippen LogP contribution in [0, 0.1) is 0 Å². The lowest BCUT2D eigenvalue weighted by Crippen LogP contribution is -2.39. The zero-order chi connectivity index (χ0) is 21.2.